The Balaban J connectivity index is 1.35. The van der Waals surface area contributed by atoms with Gasteiger partial charge >= 0.3 is 0 Å². The van der Waals surface area contributed by atoms with Crippen molar-refractivity contribution in [2.45, 2.75) is 31.8 Å². The molecule has 3 aliphatic heterocycles. The Kier molecular flexibility index (Phi) is 9.13. The maximum Gasteiger partial charge on any atom is 0.257 e. The Labute approximate surface area is 227 Å². The largest absolute Gasteiger partial charge is 0.475 e. The van der Waals surface area contributed by atoms with E-state index in [0.29, 0.717) is 44.5 Å². The van der Waals surface area contributed by atoms with Gasteiger partial charge in [-0.15, -0.1) is 5.10 Å². The number of fused-ring (bicyclic) bond motifs is 12. The molecule has 1 saturated heterocycles. The van der Waals surface area contributed by atoms with Gasteiger partial charge in [-0.1, -0.05) is 35.5 Å². The van der Waals surface area contributed by atoms with E-state index < -0.39 is 11.9 Å². The van der Waals surface area contributed by atoms with E-state index in [1.165, 1.54) is 0 Å². The summed E-state index contributed by atoms with van der Waals surface area (Å²) in [5.41, 5.74) is 2.00. The van der Waals surface area contributed by atoms with Gasteiger partial charge in [0.25, 0.3) is 5.91 Å². The van der Waals surface area contributed by atoms with Crippen LogP contribution in [0.2, 0.25) is 0 Å². The zero-order valence-electron chi connectivity index (χ0n) is 22.0. The zero-order valence-corrected chi connectivity index (χ0v) is 22.0. The van der Waals surface area contributed by atoms with Crippen molar-refractivity contribution < 1.29 is 19.1 Å². The number of carbonyl (C=O) groups is 2. The second-order valence-electron chi connectivity index (χ2n) is 9.91. The van der Waals surface area contributed by atoms with Gasteiger partial charge < -0.3 is 25.0 Å². The first-order chi connectivity index (χ1) is 19.2. The van der Waals surface area contributed by atoms with Gasteiger partial charge in [-0.25, -0.2) is 9.67 Å². The summed E-state index contributed by atoms with van der Waals surface area (Å²) in [7, 11) is 0. The predicted molar refractivity (Wildman–Crippen MR) is 143 cm³/mol. The molecule has 2 bridgehead atoms. The molecule has 1 fully saturated rings. The molecule has 2 aromatic heterocycles. The molecular weight excluding hydrogens is 498 g/mol. The van der Waals surface area contributed by atoms with Crippen molar-refractivity contribution in [2.75, 3.05) is 46.0 Å². The molecule has 0 saturated carbocycles. The van der Waals surface area contributed by atoms with E-state index in [1.807, 2.05) is 41.4 Å². The summed E-state index contributed by atoms with van der Waals surface area (Å²) in [6.07, 6.45) is 5.45. The van der Waals surface area contributed by atoms with Gasteiger partial charge in [0.05, 0.1) is 25.5 Å². The summed E-state index contributed by atoms with van der Waals surface area (Å²) in [4.78, 5) is 33.2. The van der Waals surface area contributed by atoms with Gasteiger partial charge in [-0.3, -0.25) is 9.59 Å². The van der Waals surface area contributed by atoms with Crippen LogP contribution in [-0.2, 0) is 22.5 Å². The molecular formula is C28H35N7O4. The van der Waals surface area contributed by atoms with Gasteiger partial charge in [-0.2, -0.15) is 0 Å². The van der Waals surface area contributed by atoms with E-state index in [1.54, 1.807) is 23.0 Å². The predicted octanol–water partition coefficient (Wildman–Crippen LogP) is 1.30. The molecule has 0 unspecified atom stereocenters. The minimum atomic E-state index is -0.802. The highest BCUT2D eigenvalue weighted by Gasteiger charge is 2.31. The van der Waals surface area contributed by atoms with Crippen LogP contribution in [-0.4, -0.2) is 88.7 Å². The van der Waals surface area contributed by atoms with E-state index in [4.69, 9.17) is 9.47 Å². The van der Waals surface area contributed by atoms with E-state index >= 15 is 0 Å². The van der Waals surface area contributed by atoms with Crippen LogP contribution in [0, 0.1) is 5.92 Å². The molecule has 0 spiro atoms. The zero-order chi connectivity index (χ0) is 26.9. The summed E-state index contributed by atoms with van der Waals surface area (Å²) < 4.78 is 13.1. The fraction of sp³-hybridized carbons (Fsp3) is 0.464. The van der Waals surface area contributed by atoms with Gasteiger partial charge in [0, 0.05) is 38.4 Å². The normalized spacial score (nSPS) is 21.4. The smallest absolute Gasteiger partial charge is 0.257 e. The molecule has 11 heteroatoms. The molecule has 5 heterocycles. The maximum atomic E-state index is 13.7. The molecule has 11 nitrogen and oxygen atoms in total. The van der Waals surface area contributed by atoms with Crippen LogP contribution in [0.1, 0.15) is 34.5 Å². The Morgan fingerprint density at radius 1 is 1.00 bits per heavy atom. The number of aromatic nitrogens is 4. The monoisotopic (exact) mass is 533 g/mol. The number of rotatable bonds is 4. The summed E-state index contributed by atoms with van der Waals surface area (Å²) in [6.45, 7) is 4.74. The van der Waals surface area contributed by atoms with Crippen molar-refractivity contribution in [3.63, 3.8) is 0 Å². The average molecular weight is 534 g/mol. The number of benzene rings is 1. The molecule has 0 radical (unpaired) electrons. The Hall–Kier alpha value is -3.83. The summed E-state index contributed by atoms with van der Waals surface area (Å²) in [5, 5.41) is 14.9. The van der Waals surface area contributed by atoms with Crippen LogP contribution in [0.15, 0.2) is 54.9 Å². The van der Waals surface area contributed by atoms with Crippen molar-refractivity contribution in [1.29, 1.82) is 0 Å². The number of pyridine rings is 1. The second-order valence-corrected chi connectivity index (χ2v) is 9.91. The SMILES string of the molecule is O=C1N[C@H](Cc2cn(Cc3ccccc3)nn2)C(=O)N2CCC(CC2)CNCCOCCOc2ncccc21. The van der Waals surface area contributed by atoms with Gasteiger partial charge in [-0.05, 0) is 43.0 Å². The minimum absolute atomic E-state index is 0.117. The quantitative estimate of drug-likeness (QED) is 0.481. The molecule has 1 aromatic carbocycles. The standard InChI is InChI=1S/C28H35N7O4/c36-26-24-7-4-10-30-27(24)39-16-15-38-14-11-29-18-21-8-12-34(13-9-21)28(37)25(31-26)17-23-20-35(33-32-23)19-22-5-2-1-3-6-22/h1-7,10,20-21,25,29H,8-9,11-19H2,(H,31,36)/t25-/m1/s1. The lowest BCUT2D eigenvalue weighted by molar-refractivity contribution is -0.134. The summed E-state index contributed by atoms with van der Waals surface area (Å²) in [5.74, 6) is 0.168. The Morgan fingerprint density at radius 3 is 2.69 bits per heavy atom. The first-order valence-electron chi connectivity index (χ1n) is 13.5. The molecule has 39 heavy (non-hydrogen) atoms. The minimum Gasteiger partial charge on any atom is -0.475 e. The fourth-order valence-electron chi connectivity index (χ4n) is 4.93. The van der Waals surface area contributed by atoms with Gasteiger partial charge in [0.15, 0.2) is 0 Å². The molecule has 2 N–H and O–H groups in total. The number of amides is 2. The number of carbonyl (C=O) groups excluding carboxylic acids is 2. The number of hydrogen-bond acceptors (Lipinski definition) is 8. The van der Waals surface area contributed by atoms with Crippen molar-refractivity contribution >= 4 is 11.8 Å². The molecule has 0 aliphatic carbocycles. The molecule has 3 aliphatic rings. The summed E-state index contributed by atoms with van der Waals surface area (Å²) in [6, 6.07) is 12.5. The molecule has 3 aromatic rings. The topological polar surface area (TPSA) is 124 Å². The number of nitrogens with zero attached hydrogens (tertiary/aromatic N) is 5. The van der Waals surface area contributed by atoms with Crippen molar-refractivity contribution in [2.24, 2.45) is 5.92 Å². The van der Waals surface area contributed by atoms with Crippen LogP contribution in [0.25, 0.3) is 0 Å². The first-order valence-corrected chi connectivity index (χ1v) is 13.5. The highest BCUT2D eigenvalue weighted by molar-refractivity contribution is 5.99. The Bertz CT molecular complexity index is 1230. The third-order valence-electron chi connectivity index (χ3n) is 7.05. The Morgan fingerprint density at radius 2 is 1.85 bits per heavy atom. The fourth-order valence-corrected chi connectivity index (χ4v) is 4.93. The average Bonchev–Trinajstić information content (AvgIpc) is 3.40. The van der Waals surface area contributed by atoms with E-state index in [0.717, 1.165) is 31.5 Å². The van der Waals surface area contributed by atoms with Gasteiger partial charge in [0.1, 0.15) is 18.2 Å². The van der Waals surface area contributed by atoms with Crippen molar-refractivity contribution in [3.05, 3.63) is 71.7 Å². The molecule has 1 atom stereocenters. The van der Waals surface area contributed by atoms with E-state index in [9.17, 15) is 9.59 Å². The van der Waals surface area contributed by atoms with Crippen LogP contribution >= 0.6 is 0 Å². The highest BCUT2D eigenvalue weighted by atomic mass is 16.5. The van der Waals surface area contributed by atoms with Crippen molar-refractivity contribution in [1.82, 2.24) is 35.5 Å². The van der Waals surface area contributed by atoms with Crippen LogP contribution in [0.5, 0.6) is 5.88 Å². The second kappa shape index (κ2) is 13.3. The van der Waals surface area contributed by atoms with Crippen molar-refractivity contribution in [3.8, 4) is 5.88 Å². The number of hydrogen-bond donors (Lipinski definition) is 2. The maximum absolute atomic E-state index is 13.7. The van der Waals surface area contributed by atoms with Crippen LogP contribution in [0.4, 0.5) is 0 Å². The molecule has 2 amide bonds. The highest BCUT2D eigenvalue weighted by Crippen LogP contribution is 2.19. The number of nitrogens with one attached hydrogen (secondary N) is 2. The van der Waals surface area contributed by atoms with Crippen LogP contribution in [0.3, 0.4) is 0 Å². The number of ether oxygens (including phenoxy) is 2. The third kappa shape index (κ3) is 7.39. The molecule has 206 valence electrons. The number of piperidine rings is 1. The van der Waals surface area contributed by atoms with Crippen LogP contribution < -0.4 is 15.4 Å². The summed E-state index contributed by atoms with van der Waals surface area (Å²) >= 11 is 0. The van der Waals surface area contributed by atoms with E-state index in [2.05, 4.69) is 25.9 Å². The lowest BCUT2D eigenvalue weighted by Crippen LogP contribution is -2.52. The van der Waals surface area contributed by atoms with Gasteiger partial charge in [0.2, 0.25) is 11.8 Å². The lowest BCUT2D eigenvalue weighted by atomic mass is 9.96. The molecule has 6 rings (SSSR count). The first kappa shape index (κ1) is 26.8. The lowest BCUT2D eigenvalue weighted by Gasteiger charge is -2.34. The third-order valence-corrected chi connectivity index (χ3v) is 7.05. The van der Waals surface area contributed by atoms with E-state index in [-0.39, 0.29) is 30.4 Å².